The van der Waals surface area contributed by atoms with Crippen molar-refractivity contribution in [2.75, 3.05) is 26.2 Å². The lowest BCUT2D eigenvalue weighted by Gasteiger charge is -2.24. The third-order valence-corrected chi connectivity index (χ3v) is 2.42. The first-order valence-corrected chi connectivity index (χ1v) is 5.67. The second-order valence-corrected chi connectivity index (χ2v) is 3.83. The quantitative estimate of drug-likeness (QED) is 0.584. The van der Waals surface area contributed by atoms with Crippen molar-refractivity contribution >= 4 is 0 Å². The summed E-state index contributed by atoms with van der Waals surface area (Å²) in [6.45, 7) is 13.6. The molecule has 2 nitrogen and oxygen atoms in total. The van der Waals surface area contributed by atoms with Gasteiger partial charge < -0.3 is 5.32 Å². The van der Waals surface area contributed by atoms with Crippen LogP contribution in [0.5, 0.6) is 0 Å². The van der Waals surface area contributed by atoms with Gasteiger partial charge in [-0.15, -0.1) is 0 Å². The molecule has 0 aliphatic rings. The molecule has 0 aromatic heterocycles. The van der Waals surface area contributed by atoms with Gasteiger partial charge in [0.1, 0.15) is 0 Å². The van der Waals surface area contributed by atoms with Crippen LogP contribution in [-0.4, -0.2) is 37.1 Å². The first kappa shape index (κ1) is 12.9. The lowest BCUT2D eigenvalue weighted by molar-refractivity contribution is 0.234. The molecule has 0 atom stereocenters. The fraction of sp³-hybridized carbons (Fsp3) is 1.00. The number of hydrogen-bond donors (Lipinski definition) is 1. The maximum Gasteiger partial charge on any atom is 0.0109 e. The Balaban J connectivity index is 3.28. The van der Waals surface area contributed by atoms with E-state index >= 15 is 0 Å². The summed E-state index contributed by atoms with van der Waals surface area (Å²) in [5.41, 5.74) is 0. The van der Waals surface area contributed by atoms with E-state index in [-0.39, 0.29) is 0 Å². The van der Waals surface area contributed by atoms with Gasteiger partial charge in [-0.1, -0.05) is 20.3 Å². The Morgan fingerprint density at radius 3 is 2.31 bits per heavy atom. The molecule has 0 amide bonds. The molecule has 0 rings (SSSR count). The van der Waals surface area contributed by atoms with Crippen molar-refractivity contribution in [3.8, 4) is 0 Å². The second-order valence-electron chi connectivity index (χ2n) is 3.83. The maximum atomic E-state index is 3.46. The summed E-state index contributed by atoms with van der Waals surface area (Å²) in [6, 6.07) is 0.679. The van der Waals surface area contributed by atoms with Gasteiger partial charge in [0.2, 0.25) is 0 Å². The van der Waals surface area contributed by atoms with Crippen LogP contribution >= 0.6 is 0 Å². The number of rotatable bonds is 8. The minimum absolute atomic E-state index is 0.679. The third kappa shape index (κ3) is 7.03. The average Bonchev–Trinajstić information content (AvgIpc) is 2.10. The topological polar surface area (TPSA) is 15.3 Å². The van der Waals surface area contributed by atoms with E-state index in [0.29, 0.717) is 6.04 Å². The van der Waals surface area contributed by atoms with E-state index in [1.165, 1.54) is 25.9 Å². The molecule has 0 saturated carbocycles. The summed E-state index contributed by atoms with van der Waals surface area (Å²) < 4.78 is 0. The van der Waals surface area contributed by atoms with E-state index in [4.69, 9.17) is 0 Å². The molecule has 0 unspecified atom stereocenters. The molecule has 0 heterocycles. The number of nitrogens with zero attached hydrogens (tertiary/aromatic N) is 1. The van der Waals surface area contributed by atoms with E-state index in [1.54, 1.807) is 0 Å². The van der Waals surface area contributed by atoms with Crippen molar-refractivity contribution in [3.05, 3.63) is 0 Å². The van der Waals surface area contributed by atoms with E-state index in [1.807, 2.05) is 0 Å². The summed E-state index contributed by atoms with van der Waals surface area (Å²) in [6.07, 6.45) is 2.59. The monoisotopic (exact) mass is 186 g/mol. The van der Waals surface area contributed by atoms with E-state index < -0.39 is 0 Å². The highest BCUT2D eigenvalue weighted by Crippen LogP contribution is 1.95. The van der Waals surface area contributed by atoms with Crippen molar-refractivity contribution in [2.24, 2.45) is 0 Å². The highest BCUT2D eigenvalue weighted by atomic mass is 15.2. The molecule has 0 aromatic rings. The van der Waals surface area contributed by atoms with Gasteiger partial charge in [-0.25, -0.2) is 0 Å². The summed E-state index contributed by atoms with van der Waals surface area (Å²) in [4.78, 5) is 2.49. The Hall–Kier alpha value is -0.0800. The summed E-state index contributed by atoms with van der Waals surface area (Å²) in [5.74, 6) is 0. The molecule has 1 N–H and O–H groups in total. The van der Waals surface area contributed by atoms with Gasteiger partial charge >= 0.3 is 0 Å². The second kappa shape index (κ2) is 8.52. The molecule has 2 heteroatoms. The number of likely N-dealkylation sites (N-methyl/N-ethyl adjacent to an activating group) is 1. The molecule has 0 radical (unpaired) electrons. The fourth-order valence-electron chi connectivity index (χ4n) is 1.43. The highest BCUT2D eigenvalue weighted by Gasteiger charge is 2.04. The normalized spacial score (nSPS) is 11.5. The van der Waals surface area contributed by atoms with Crippen molar-refractivity contribution in [3.63, 3.8) is 0 Å². The maximum absolute atomic E-state index is 3.46. The molecule has 13 heavy (non-hydrogen) atoms. The van der Waals surface area contributed by atoms with Crippen LogP contribution in [0, 0.1) is 0 Å². The Kier molecular flexibility index (Phi) is 8.46. The van der Waals surface area contributed by atoms with Crippen molar-refractivity contribution in [2.45, 2.75) is 46.6 Å². The average molecular weight is 186 g/mol. The predicted octanol–water partition coefficient (Wildman–Crippen LogP) is 2.11. The minimum Gasteiger partial charge on any atom is -0.315 e. The molecule has 0 saturated heterocycles. The first-order valence-electron chi connectivity index (χ1n) is 5.67. The highest BCUT2D eigenvalue weighted by molar-refractivity contribution is 4.61. The van der Waals surface area contributed by atoms with Crippen molar-refractivity contribution in [1.29, 1.82) is 0 Å². The molecule has 0 aliphatic heterocycles. The van der Waals surface area contributed by atoms with Crippen LogP contribution in [0.2, 0.25) is 0 Å². The number of nitrogens with one attached hydrogen (secondary N) is 1. The lowest BCUT2D eigenvalue weighted by atomic mass is 10.3. The molecular weight excluding hydrogens is 160 g/mol. The van der Waals surface area contributed by atoms with Crippen LogP contribution in [0.1, 0.15) is 40.5 Å². The van der Waals surface area contributed by atoms with E-state index in [2.05, 4.69) is 37.9 Å². The number of unbranched alkanes of at least 4 members (excludes halogenated alkanes) is 1. The Morgan fingerprint density at radius 2 is 1.85 bits per heavy atom. The Bertz CT molecular complexity index is 102. The van der Waals surface area contributed by atoms with Crippen LogP contribution in [0.15, 0.2) is 0 Å². The van der Waals surface area contributed by atoms with Crippen LogP contribution in [0.25, 0.3) is 0 Å². The molecule has 0 bridgehead atoms. The molecule has 80 valence electrons. The number of hydrogen-bond acceptors (Lipinski definition) is 2. The Morgan fingerprint density at radius 1 is 1.15 bits per heavy atom. The van der Waals surface area contributed by atoms with Gasteiger partial charge in [0.15, 0.2) is 0 Å². The van der Waals surface area contributed by atoms with Gasteiger partial charge in [-0.3, -0.25) is 4.90 Å². The first-order chi connectivity index (χ1) is 6.22. The standard InChI is InChI=1S/C11H26N2/c1-5-7-8-12-9-10-13(6-2)11(3)4/h11-12H,5-10H2,1-4H3. The zero-order chi connectivity index (χ0) is 10.1. The zero-order valence-corrected chi connectivity index (χ0v) is 9.77. The van der Waals surface area contributed by atoms with E-state index in [9.17, 15) is 0 Å². The van der Waals surface area contributed by atoms with Crippen LogP contribution in [0.4, 0.5) is 0 Å². The largest absolute Gasteiger partial charge is 0.315 e. The van der Waals surface area contributed by atoms with Crippen LogP contribution in [-0.2, 0) is 0 Å². The van der Waals surface area contributed by atoms with Crippen molar-refractivity contribution < 1.29 is 0 Å². The molecule has 0 spiro atoms. The molecule has 0 aromatic carbocycles. The van der Waals surface area contributed by atoms with Crippen LogP contribution in [0.3, 0.4) is 0 Å². The van der Waals surface area contributed by atoms with Gasteiger partial charge in [0.05, 0.1) is 0 Å². The fourth-order valence-corrected chi connectivity index (χ4v) is 1.43. The molecule has 0 aliphatic carbocycles. The predicted molar refractivity (Wildman–Crippen MR) is 60.2 cm³/mol. The third-order valence-electron chi connectivity index (χ3n) is 2.42. The SMILES string of the molecule is CCCCNCCN(CC)C(C)C. The summed E-state index contributed by atoms with van der Waals surface area (Å²) in [7, 11) is 0. The van der Waals surface area contributed by atoms with Gasteiger partial charge in [-0.2, -0.15) is 0 Å². The zero-order valence-electron chi connectivity index (χ0n) is 9.77. The molecule has 0 fully saturated rings. The lowest BCUT2D eigenvalue weighted by Crippen LogP contribution is -2.36. The summed E-state index contributed by atoms with van der Waals surface area (Å²) >= 11 is 0. The smallest absolute Gasteiger partial charge is 0.0109 e. The molecular formula is C11H26N2. The Labute approximate surface area is 83.7 Å². The van der Waals surface area contributed by atoms with Crippen molar-refractivity contribution in [1.82, 2.24) is 10.2 Å². The van der Waals surface area contributed by atoms with Gasteiger partial charge in [0, 0.05) is 19.1 Å². The minimum atomic E-state index is 0.679. The van der Waals surface area contributed by atoms with Gasteiger partial charge in [-0.05, 0) is 33.4 Å². The van der Waals surface area contributed by atoms with Gasteiger partial charge in [0.25, 0.3) is 0 Å². The van der Waals surface area contributed by atoms with E-state index in [0.717, 1.165) is 13.1 Å². The van der Waals surface area contributed by atoms with Crippen LogP contribution < -0.4 is 5.32 Å². The summed E-state index contributed by atoms with van der Waals surface area (Å²) in [5, 5.41) is 3.46.